The summed E-state index contributed by atoms with van der Waals surface area (Å²) >= 11 is 1.79. The number of hydrogen-bond donors (Lipinski definition) is 1. The van der Waals surface area contributed by atoms with E-state index in [2.05, 4.69) is 43.3 Å². The Morgan fingerprint density at radius 3 is 2.89 bits per heavy atom. The van der Waals surface area contributed by atoms with Gasteiger partial charge in [0.05, 0.1) is 5.69 Å². The van der Waals surface area contributed by atoms with Crippen molar-refractivity contribution < 1.29 is 0 Å². The third-order valence-electron chi connectivity index (χ3n) is 3.61. The molecule has 0 amide bonds. The van der Waals surface area contributed by atoms with Crippen LogP contribution >= 0.6 is 11.3 Å². The van der Waals surface area contributed by atoms with E-state index in [4.69, 9.17) is 4.98 Å². The van der Waals surface area contributed by atoms with Crippen molar-refractivity contribution in [3.8, 4) is 0 Å². The lowest BCUT2D eigenvalue weighted by molar-refractivity contribution is 0.516. The number of thiazole rings is 1. The highest BCUT2D eigenvalue weighted by Gasteiger charge is 2.33. The summed E-state index contributed by atoms with van der Waals surface area (Å²) in [5.74, 6) is 0. The number of nitrogens with zero attached hydrogens (tertiary/aromatic N) is 2. The summed E-state index contributed by atoms with van der Waals surface area (Å²) in [6, 6.07) is 0.556. The first-order chi connectivity index (χ1) is 8.49. The zero-order valence-corrected chi connectivity index (χ0v) is 12.8. The molecular formula is C14H25N3S. The van der Waals surface area contributed by atoms with Gasteiger partial charge in [-0.1, -0.05) is 13.8 Å². The minimum Gasteiger partial charge on any atom is -0.343 e. The third kappa shape index (κ3) is 3.23. The monoisotopic (exact) mass is 267 g/mol. The van der Waals surface area contributed by atoms with E-state index in [0.29, 0.717) is 6.04 Å². The van der Waals surface area contributed by atoms with Crippen LogP contribution in [0.1, 0.15) is 46.2 Å². The number of nitrogens with one attached hydrogen (secondary N) is 1. The summed E-state index contributed by atoms with van der Waals surface area (Å²) in [6.07, 6.45) is 3.59. The average molecular weight is 267 g/mol. The third-order valence-corrected chi connectivity index (χ3v) is 4.52. The van der Waals surface area contributed by atoms with Crippen LogP contribution in [0.4, 0.5) is 5.13 Å². The molecule has 0 radical (unpaired) electrons. The highest BCUT2D eigenvalue weighted by molar-refractivity contribution is 7.13. The van der Waals surface area contributed by atoms with Gasteiger partial charge in [-0.2, -0.15) is 0 Å². The summed E-state index contributed by atoms with van der Waals surface area (Å²) < 4.78 is 0. The predicted molar refractivity (Wildman–Crippen MR) is 79.6 cm³/mol. The van der Waals surface area contributed by atoms with Gasteiger partial charge in [0.1, 0.15) is 0 Å². The maximum absolute atomic E-state index is 4.79. The molecule has 2 heterocycles. The van der Waals surface area contributed by atoms with Crippen LogP contribution < -0.4 is 10.2 Å². The topological polar surface area (TPSA) is 28.2 Å². The van der Waals surface area contributed by atoms with E-state index in [1.807, 2.05) is 0 Å². The van der Waals surface area contributed by atoms with Crippen LogP contribution in [-0.4, -0.2) is 29.7 Å². The van der Waals surface area contributed by atoms with Gasteiger partial charge < -0.3 is 10.2 Å². The zero-order chi connectivity index (χ0) is 13.2. The summed E-state index contributed by atoms with van der Waals surface area (Å²) in [6.45, 7) is 11.2. The van der Waals surface area contributed by atoms with Crippen molar-refractivity contribution >= 4 is 16.5 Å². The summed E-state index contributed by atoms with van der Waals surface area (Å²) in [5.41, 5.74) is 1.51. The van der Waals surface area contributed by atoms with Crippen LogP contribution in [0.5, 0.6) is 0 Å². The molecule has 1 aliphatic heterocycles. The summed E-state index contributed by atoms with van der Waals surface area (Å²) in [5, 5.41) is 6.86. The number of anilines is 1. The van der Waals surface area contributed by atoms with Crippen molar-refractivity contribution in [2.45, 2.75) is 58.5 Å². The summed E-state index contributed by atoms with van der Waals surface area (Å²) in [4.78, 5) is 7.26. The first kappa shape index (κ1) is 13.8. The van der Waals surface area contributed by atoms with Crippen molar-refractivity contribution in [2.75, 3.05) is 18.0 Å². The van der Waals surface area contributed by atoms with Gasteiger partial charge in [-0.15, -0.1) is 11.3 Å². The van der Waals surface area contributed by atoms with Crippen LogP contribution in [0, 0.1) is 0 Å². The Morgan fingerprint density at radius 1 is 1.50 bits per heavy atom. The molecule has 3 nitrogen and oxygen atoms in total. The molecule has 1 aromatic heterocycles. The molecule has 0 atom stereocenters. The van der Waals surface area contributed by atoms with Crippen LogP contribution in [0.25, 0.3) is 0 Å². The molecule has 18 heavy (non-hydrogen) atoms. The summed E-state index contributed by atoms with van der Waals surface area (Å²) in [7, 11) is 0. The van der Waals surface area contributed by atoms with Crippen LogP contribution in [0.15, 0.2) is 5.38 Å². The van der Waals surface area contributed by atoms with Crippen molar-refractivity contribution in [1.82, 2.24) is 10.3 Å². The largest absolute Gasteiger partial charge is 0.343 e. The van der Waals surface area contributed by atoms with Gasteiger partial charge in [0.25, 0.3) is 0 Å². The van der Waals surface area contributed by atoms with Crippen molar-refractivity contribution in [3.63, 3.8) is 0 Å². The Balaban J connectivity index is 1.94. The van der Waals surface area contributed by atoms with Gasteiger partial charge in [0.15, 0.2) is 5.13 Å². The zero-order valence-electron chi connectivity index (χ0n) is 12.0. The average Bonchev–Trinajstić information content (AvgIpc) is 2.83. The molecule has 0 bridgehead atoms. The smallest absolute Gasteiger partial charge is 0.185 e. The Morgan fingerprint density at radius 2 is 2.28 bits per heavy atom. The van der Waals surface area contributed by atoms with E-state index in [1.54, 1.807) is 11.3 Å². The number of hydrogen-bond acceptors (Lipinski definition) is 4. The molecule has 0 unspecified atom stereocenters. The lowest BCUT2D eigenvalue weighted by Gasteiger charge is -2.31. The van der Waals surface area contributed by atoms with Gasteiger partial charge in [0, 0.05) is 36.5 Å². The van der Waals surface area contributed by atoms with Gasteiger partial charge in [-0.05, 0) is 26.7 Å². The minimum atomic E-state index is 0.283. The number of aromatic nitrogens is 1. The standard InChI is InChI=1S/C14H25N3S/c1-11(2)15-8-6-12-10-18-13(16-12)17-9-5-7-14(17,3)4/h10-11,15H,5-9H2,1-4H3. The Hall–Kier alpha value is -0.610. The van der Waals surface area contributed by atoms with Crippen molar-refractivity contribution in [2.24, 2.45) is 0 Å². The van der Waals surface area contributed by atoms with E-state index in [1.165, 1.54) is 23.7 Å². The van der Waals surface area contributed by atoms with Gasteiger partial charge in [0.2, 0.25) is 0 Å². The van der Waals surface area contributed by atoms with Crippen LogP contribution in [-0.2, 0) is 6.42 Å². The molecule has 0 spiro atoms. The molecule has 2 rings (SSSR count). The first-order valence-corrected chi connectivity index (χ1v) is 7.82. The fourth-order valence-electron chi connectivity index (χ4n) is 2.49. The molecule has 0 aromatic carbocycles. The second-order valence-electron chi connectivity index (χ2n) is 6.05. The van der Waals surface area contributed by atoms with E-state index >= 15 is 0 Å². The highest BCUT2D eigenvalue weighted by Crippen LogP contribution is 2.35. The normalized spacial score (nSPS) is 18.8. The molecule has 4 heteroatoms. The fourth-order valence-corrected chi connectivity index (χ4v) is 3.53. The van der Waals surface area contributed by atoms with Gasteiger partial charge in [-0.25, -0.2) is 4.98 Å². The second kappa shape index (κ2) is 5.57. The SMILES string of the molecule is CC(C)NCCc1csc(N2CCCC2(C)C)n1. The predicted octanol–water partition coefficient (Wildman–Crippen LogP) is 3.06. The lowest BCUT2D eigenvalue weighted by Crippen LogP contribution is -2.38. The van der Waals surface area contributed by atoms with E-state index in [9.17, 15) is 0 Å². The lowest BCUT2D eigenvalue weighted by atomic mass is 10.0. The first-order valence-electron chi connectivity index (χ1n) is 6.94. The van der Waals surface area contributed by atoms with Crippen molar-refractivity contribution in [1.29, 1.82) is 0 Å². The maximum Gasteiger partial charge on any atom is 0.185 e. The van der Waals surface area contributed by atoms with Crippen molar-refractivity contribution in [3.05, 3.63) is 11.1 Å². The minimum absolute atomic E-state index is 0.283. The molecule has 0 aliphatic carbocycles. The van der Waals surface area contributed by atoms with E-state index < -0.39 is 0 Å². The quantitative estimate of drug-likeness (QED) is 0.888. The van der Waals surface area contributed by atoms with Crippen LogP contribution in [0.3, 0.4) is 0 Å². The highest BCUT2D eigenvalue weighted by atomic mass is 32.1. The molecule has 1 aromatic rings. The van der Waals surface area contributed by atoms with Crippen LogP contribution in [0.2, 0.25) is 0 Å². The Bertz CT molecular complexity index is 384. The maximum atomic E-state index is 4.79. The Labute approximate surface area is 115 Å². The second-order valence-corrected chi connectivity index (χ2v) is 6.88. The molecule has 1 N–H and O–H groups in total. The Kier molecular flexibility index (Phi) is 4.28. The van der Waals surface area contributed by atoms with Gasteiger partial charge >= 0.3 is 0 Å². The molecule has 0 saturated carbocycles. The molecule has 1 saturated heterocycles. The molecule has 1 aliphatic rings. The fraction of sp³-hybridized carbons (Fsp3) is 0.786. The number of rotatable bonds is 5. The van der Waals surface area contributed by atoms with E-state index in [0.717, 1.165) is 19.5 Å². The molecular weight excluding hydrogens is 242 g/mol. The molecule has 1 fully saturated rings. The van der Waals surface area contributed by atoms with E-state index in [-0.39, 0.29) is 5.54 Å². The molecule has 102 valence electrons. The van der Waals surface area contributed by atoms with Gasteiger partial charge in [-0.3, -0.25) is 0 Å².